The molecule has 3 heterocycles. The minimum absolute atomic E-state index is 0.165. The van der Waals surface area contributed by atoms with Crippen molar-refractivity contribution in [3.8, 4) is 17.2 Å². The Hall–Kier alpha value is -4.42. The summed E-state index contributed by atoms with van der Waals surface area (Å²) in [4.78, 5) is 45.3. The number of halogens is 1. The number of hydrogen-bond acceptors (Lipinski definition) is 9. The number of carbonyl (C=O) groups excluding carboxylic acids is 2. The highest BCUT2D eigenvalue weighted by Gasteiger charge is 2.35. The Morgan fingerprint density at radius 2 is 1.77 bits per heavy atom. The van der Waals surface area contributed by atoms with Crippen LogP contribution in [0.15, 0.2) is 61.9 Å². The van der Waals surface area contributed by atoms with Crippen LogP contribution in [0.4, 0.5) is 0 Å². The molecule has 4 aromatic rings. The van der Waals surface area contributed by atoms with Crippen LogP contribution >= 0.6 is 27.3 Å². The summed E-state index contributed by atoms with van der Waals surface area (Å²) in [6.07, 6.45) is 1.84. The quantitative estimate of drug-likeness (QED) is 0.211. The van der Waals surface area contributed by atoms with Crippen molar-refractivity contribution >= 4 is 45.3 Å². The van der Waals surface area contributed by atoms with Crippen molar-refractivity contribution in [3.63, 3.8) is 0 Å². The zero-order chi connectivity index (χ0) is 34.2. The van der Waals surface area contributed by atoms with E-state index < -0.39 is 18.0 Å². The van der Waals surface area contributed by atoms with E-state index in [1.165, 1.54) is 25.6 Å². The van der Waals surface area contributed by atoms with Crippen molar-refractivity contribution in [2.24, 2.45) is 4.99 Å². The van der Waals surface area contributed by atoms with Crippen LogP contribution in [0.3, 0.4) is 0 Å². The summed E-state index contributed by atoms with van der Waals surface area (Å²) in [7, 11) is 2.90. The van der Waals surface area contributed by atoms with Gasteiger partial charge in [-0.25, -0.2) is 14.6 Å². The fraction of sp³-hybridized carbons (Fsp3) is 0.314. The molecule has 2 aromatic heterocycles. The van der Waals surface area contributed by atoms with Crippen LogP contribution in [0.5, 0.6) is 11.5 Å². The number of fused-ring (bicyclic) bond motifs is 1. The standard InChI is InChI=1S/C35H36BrN3O7S/c1-9-45-28-17-25(36)24(16-27(28)43-7)31-30(34(42)46-10-2)20(5)37-35-39(31)32(40)29(47-35)15-22-14-18(3)38(21(22)6)26-13-11-12-23(19(26)4)33(41)44-8/h11-17,31H,9-10H2,1-8H3/b29-15-/t31-/m0/s1. The molecule has 0 saturated carbocycles. The number of benzene rings is 2. The van der Waals surface area contributed by atoms with E-state index in [9.17, 15) is 14.4 Å². The molecule has 246 valence electrons. The third kappa shape index (κ3) is 6.07. The third-order valence-electron chi connectivity index (χ3n) is 8.10. The molecule has 1 aliphatic rings. The van der Waals surface area contributed by atoms with E-state index in [4.69, 9.17) is 23.9 Å². The molecular formula is C35H36BrN3O7S. The molecule has 0 saturated heterocycles. The molecule has 0 spiro atoms. The van der Waals surface area contributed by atoms with Crippen molar-refractivity contribution in [1.82, 2.24) is 9.13 Å². The number of aromatic nitrogens is 2. The summed E-state index contributed by atoms with van der Waals surface area (Å²) in [6.45, 7) is 11.8. The van der Waals surface area contributed by atoms with Crippen molar-refractivity contribution in [1.29, 1.82) is 0 Å². The summed E-state index contributed by atoms with van der Waals surface area (Å²) in [5.74, 6) is 0.0287. The highest BCUT2D eigenvalue weighted by molar-refractivity contribution is 9.10. The average Bonchev–Trinajstić information content (AvgIpc) is 3.49. The summed E-state index contributed by atoms with van der Waals surface area (Å²) < 4.78 is 26.5. The van der Waals surface area contributed by atoms with Gasteiger partial charge in [-0.3, -0.25) is 9.36 Å². The topological polar surface area (TPSA) is 110 Å². The number of ether oxygens (including phenoxy) is 4. The van der Waals surface area contributed by atoms with Gasteiger partial charge in [-0.2, -0.15) is 0 Å². The molecule has 0 aliphatic carbocycles. The van der Waals surface area contributed by atoms with Gasteiger partial charge < -0.3 is 23.5 Å². The van der Waals surface area contributed by atoms with E-state index in [-0.39, 0.29) is 17.7 Å². The number of hydrogen-bond donors (Lipinski definition) is 0. The van der Waals surface area contributed by atoms with Crippen LogP contribution in [0.25, 0.3) is 11.8 Å². The second-order valence-electron chi connectivity index (χ2n) is 10.9. The third-order valence-corrected chi connectivity index (χ3v) is 9.77. The van der Waals surface area contributed by atoms with E-state index in [2.05, 4.69) is 20.5 Å². The van der Waals surface area contributed by atoms with Crippen LogP contribution < -0.4 is 24.4 Å². The predicted molar refractivity (Wildman–Crippen MR) is 184 cm³/mol. The molecule has 0 radical (unpaired) electrons. The molecule has 47 heavy (non-hydrogen) atoms. The zero-order valence-corrected chi connectivity index (χ0v) is 29.9. The van der Waals surface area contributed by atoms with Crippen LogP contribution in [-0.4, -0.2) is 48.5 Å². The fourth-order valence-corrected chi connectivity index (χ4v) is 7.49. The second-order valence-corrected chi connectivity index (χ2v) is 12.7. The number of carbonyl (C=O) groups is 2. The van der Waals surface area contributed by atoms with Crippen LogP contribution in [0, 0.1) is 20.8 Å². The van der Waals surface area contributed by atoms with Gasteiger partial charge in [0.1, 0.15) is 0 Å². The van der Waals surface area contributed by atoms with E-state index in [0.717, 1.165) is 28.2 Å². The number of methoxy groups -OCH3 is 2. The Kier molecular flexibility index (Phi) is 9.92. The zero-order valence-electron chi connectivity index (χ0n) is 27.5. The average molecular weight is 723 g/mol. The maximum Gasteiger partial charge on any atom is 0.338 e. The van der Waals surface area contributed by atoms with Gasteiger partial charge in [-0.1, -0.05) is 33.3 Å². The van der Waals surface area contributed by atoms with Gasteiger partial charge in [0.15, 0.2) is 16.3 Å². The Morgan fingerprint density at radius 1 is 1.02 bits per heavy atom. The summed E-state index contributed by atoms with van der Waals surface area (Å²) >= 11 is 4.91. The number of esters is 2. The Morgan fingerprint density at radius 3 is 2.43 bits per heavy atom. The summed E-state index contributed by atoms with van der Waals surface area (Å²) in [6, 6.07) is 10.2. The van der Waals surface area contributed by atoms with E-state index in [1.54, 1.807) is 36.6 Å². The Bertz CT molecular complexity index is 2120. The minimum Gasteiger partial charge on any atom is -0.493 e. The molecular weight excluding hydrogens is 686 g/mol. The summed E-state index contributed by atoms with van der Waals surface area (Å²) in [5.41, 5.74) is 5.79. The van der Waals surface area contributed by atoms with Crippen molar-refractivity contribution in [2.45, 2.75) is 47.6 Å². The monoisotopic (exact) mass is 721 g/mol. The Balaban J connectivity index is 1.72. The first-order chi connectivity index (χ1) is 22.5. The van der Waals surface area contributed by atoms with Crippen molar-refractivity contribution in [2.75, 3.05) is 27.4 Å². The highest BCUT2D eigenvalue weighted by atomic mass is 79.9. The number of thiazole rings is 1. The molecule has 0 N–H and O–H groups in total. The van der Waals surface area contributed by atoms with Gasteiger partial charge in [0, 0.05) is 21.5 Å². The lowest BCUT2D eigenvalue weighted by atomic mass is 9.95. The van der Waals surface area contributed by atoms with Gasteiger partial charge >= 0.3 is 11.9 Å². The highest BCUT2D eigenvalue weighted by Crippen LogP contribution is 2.41. The molecule has 10 nitrogen and oxygen atoms in total. The first-order valence-corrected chi connectivity index (χ1v) is 16.6. The molecule has 12 heteroatoms. The molecule has 2 aromatic carbocycles. The van der Waals surface area contributed by atoms with Gasteiger partial charge in [0.25, 0.3) is 5.56 Å². The van der Waals surface area contributed by atoms with E-state index in [1.807, 2.05) is 52.0 Å². The van der Waals surface area contributed by atoms with Gasteiger partial charge in [0.2, 0.25) is 0 Å². The van der Waals surface area contributed by atoms with Crippen LogP contribution in [0.2, 0.25) is 0 Å². The maximum atomic E-state index is 14.3. The summed E-state index contributed by atoms with van der Waals surface area (Å²) in [5, 5.41) is 0. The minimum atomic E-state index is -0.845. The van der Waals surface area contributed by atoms with Gasteiger partial charge in [-0.05, 0) is 94.6 Å². The lowest BCUT2D eigenvalue weighted by Gasteiger charge is -2.26. The number of aryl methyl sites for hydroxylation is 1. The predicted octanol–water partition coefficient (Wildman–Crippen LogP) is 5.47. The first kappa shape index (κ1) is 33.9. The van der Waals surface area contributed by atoms with Gasteiger partial charge in [-0.15, -0.1) is 0 Å². The molecule has 5 rings (SSSR count). The molecule has 1 atom stereocenters. The number of allylic oxidation sites excluding steroid dienone is 1. The van der Waals surface area contributed by atoms with E-state index in [0.29, 0.717) is 48.7 Å². The molecule has 0 fully saturated rings. The first-order valence-electron chi connectivity index (χ1n) is 15.0. The maximum absolute atomic E-state index is 14.3. The van der Waals surface area contributed by atoms with Crippen molar-refractivity contribution < 1.29 is 28.5 Å². The van der Waals surface area contributed by atoms with E-state index >= 15 is 0 Å². The second kappa shape index (κ2) is 13.7. The smallest absolute Gasteiger partial charge is 0.338 e. The van der Waals surface area contributed by atoms with Crippen molar-refractivity contribution in [3.05, 3.63) is 105 Å². The SMILES string of the molecule is CCOC(=O)C1=C(C)N=c2s/c(=C\c3cc(C)n(-c4cccc(C(=O)OC)c4C)c3C)c(=O)n2[C@H]1c1cc(OC)c(OCC)cc1Br. The molecule has 1 aliphatic heterocycles. The number of nitrogens with zero attached hydrogens (tertiary/aromatic N) is 3. The molecule has 0 unspecified atom stereocenters. The fourth-order valence-electron chi connectivity index (χ4n) is 5.92. The molecule has 0 bridgehead atoms. The Labute approximate surface area is 284 Å². The lowest BCUT2D eigenvalue weighted by molar-refractivity contribution is -0.139. The molecule has 0 amide bonds. The largest absolute Gasteiger partial charge is 0.493 e. The normalized spacial score (nSPS) is 14.5. The van der Waals surface area contributed by atoms with Crippen LogP contribution in [0.1, 0.15) is 65.2 Å². The number of rotatable bonds is 9. The van der Waals surface area contributed by atoms with Gasteiger partial charge in [0.05, 0.1) is 54.8 Å². The van der Waals surface area contributed by atoms with Crippen LogP contribution in [-0.2, 0) is 14.3 Å². The lowest BCUT2D eigenvalue weighted by Crippen LogP contribution is -2.40.